The summed E-state index contributed by atoms with van der Waals surface area (Å²) in [6, 6.07) is 7.06. The summed E-state index contributed by atoms with van der Waals surface area (Å²) in [4.78, 5) is 61.9. The second-order valence-electron chi connectivity index (χ2n) is 15.1. The van der Waals surface area contributed by atoms with Gasteiger partial charge in [-0.15, -0.1) is 0 Å². The van der Waals surface area contributed by atoms with E-state index in [0.717, 1.165) is 6.42 Å². The highest BCUT2D eigenvalue weighted by Crippen LogP contribution is 2.46. The number of nitrogens with zero attached hydrogens (tertiary/aromatic N) is 3. The third-order valence-electron chi connectivity index (χ3n) is 11.0. The molecule has 1 saturated heterocycles. The number of sulfonamides is 1. The van der Waals surface area contributed by atoms with Gasteiger partial charge in [0.05, 0.1) is 17.3 Å². The SMILES string of the molecule is Cc1cc(C(=O)N[C@H]2CCCCC/C=C\[C@@H]3C[C@@]3(C(=O)NS(=O)(=O)C3CC3)NC(=O)[C@@H]3C[C@@H](Oc4nc5cc(F)ccc5c5cc(F)ccc45)CN3C2=O)no1. The molecule has 14 nitrogen and oxygen atoms in total. The molecule has 0 radical (unpaired) electrons. The number of rotatable bonds is 7. The molecule has 56 heavy (non-hydrogen) atoms. The van der Waals surface area contributed by atoms with Crippen LogP contribution < -0.4 is 20.1 Å². The van der Waals surface area contributed by atoms with Crippen LogP contribution >= 0.6 is 0 Å². The van der Waals surface area contributed by atoms with E-state index in [0.29, 0.717) is 54.0 Å². The van der Waals surface area contributed by atoms with E-state index in [-0.39, 0.29) is 42.9 Å². The molecule has 3 N–H and O–H groups in total. The Bertz CT molecular complexity index is 2400. The summed E-state index contributed by atoms with van der Waals surface area (Å²) in [5, 5.41) is 10.0. The maximum atomic E-state index is 14.6. The van der Waals surface area contributed by atoms with Gasteiger partial charge in [-0.1, -0.05) is 30.2 Å². The Morgan fingerprint density at radius 1 is 1.00 bits per heavy atom. The zero-order valence-corrected chi connectivity index (χ0v) is 31.2. The van der Waals surface area contributed by atoms with Gasteiger partial charge in [-0.2, -0.15) is 0 Å². The summed E-state index contributed by atoms with van der Waals surface area (Å²) in [7, 11) is -3.94. The third-order valence-corrected chi connectivity index (χ3v) is 12.8. The average Bonchev–Trinajstić information content (AvgIpc) is 4.04. The predicted molar refractivity (Wildman–Crippen MR) is 197 cm³/mol. The van der Waals surface area contributed by atoms with E-state index in [1.165, 1.54) is 47.4 Å². The molecule has 2 aromatic heterocycles. The maximum absolute atomic E-state index is 14.6. The van der Waals surface area contributed by atoms with Crippen molar-refractivity contribution in [1.82, 2.24) is 30.4 Å². The van der Waals surface area contributed by atoms with E-state index in [9.17, 15) is 36.4 Å². The van der Waals surface area contributed by atoms with Gasteiger partial charge in [0, 0.05) is 35.2 Å². The first-order valence-corrected chi connectivity index (χ1v) is 20.3. The molecule has 294 valence electrons. The number of hydrogen-bond acceptors (Lipinski definition) is 10. The lowest BCUT2D eigenvalue weighted by Gasteiger charge is -2.29. The van der Waals surface area contributed by atoms with Crippen LogP contribution in [0.25, 0.3) is 21.7 Å². The molecule has 2 aliphatic heterocycles. The van der Waals surface area contributed by atoms with Gasteiger partial charge in [0.25, 0.3) is 11.8 Å². The van der Waals surface area contributed by atoms with Crippen molar-refractivity contribution in [3.63, 3.8) is 0 Å². The van der Waals surface area contributed by atoms with Gasteiger partial charge in [-0.05, 0) is 81.2 Å². The highest BCUT2D eigenvalue weighted by atomic mass is 32.2. The molecule has 4 aromatic rings. The monoisotopic (exact) mass is 790 g/mol. The minimum atomic E-state index is -3.94. The fourth-order valence-electron chi connectivity index (χ4n) is 7.72. The smallest absolute Gasteiger partial charge is 0.274 e. The highest BCUT2D eigenvalue weighted by molar-refractivity contribution is 7.91. The first kappa shape index (κ1) is 37.5. The Morgan fingerprint density at radius 3 is 2.52 bits per heavy atom. The van der Waals surface area contributed by atoms with E-state index in [1.54, 1.807) is 6.92 Å². The molecule has 5 atom stereocenters. The number of nitrogens with one attached hydrogen (secondary N) is 3. The highest BCUT2D eigenvalue weighted by Gasteiger charge is 2.62. The van der Waals surface area contributed by atoms with Crippen LogP contribution in [0.15, 0.2) is 59.1 Å². The van der Waals surface area contributed by atoms with E-state index in [2.05, 4.69) is 25.5 Å². The molecule has 4 aliphatic rings. The summed E-state index contributed by atoms with van der Waals surface area (Å²) in [5.74, 6) is -3.95. The van der Waals surface area contributed by atoms with Gasteiger partial charge in [-0.3, -0.25) is 23.9 Å². The quantitative estimate of drug-likeness (QED) is 0.182. The number of aromatic nitrogens is 2. The predicted octanol–water partition coefficient (Wildman–Crippen LogP) is 4.11. The number of hydrogen-bond donors (Lipinski definition) is 3. The molecule has 0 spiro atoms. The Morgan fingerprint density at radius 2 is 1.77 bits per heavy atom. The van der Waals surface area contributed by atoms with Crippen LogP contribution in [0.5, 0.6) is 5.88 Å². The second kappa shape index (κ2) is 14.6. The number of carbonyl (C=O) groups excluding carboxylic acids is 4. The molecule has 3 fully saturated rings. The van der Waals surface area contributed by atoms with Gasteiger partial charge in [0.1, 0.15) is 41.1 Å². The van der Waals surface area contributed by atoms with Crippen molar-refractivity contribution >= 4 is 55.3 Å². The van der Waals surface area contributed by atoms with Crippen molar-refractivity contribution < 1.29 is 45.6 Å². The van der Waals surface area contributed by atoms with Gasteiger partial charge in [0.2, 0.25) is 27.7 Å². The number of aryl methyl sites for hydroxylation is 1. The fourth-order valence-corrected chi connectivity index (χ4v) is 9.09. The molecule has 0 bridgehead atoms. The summed E-state index contributed by atoms with van der Waals surface area (Å²) in [6.07, 6.45) is 6.66. The van der Waals surface area contributed by atoms with Crippen LogP contribution in [0.3, 0.4) is 0 Å². The lowest BCUT2D eigenvalue weighted by atomic mass is 10.0. The zero-order chi connectivity index (χ0) is 39.4. The van der Waals surface area contributed by atoms with Crippen LogP contribution in [0.1, 0.15) is 74.0 Å². The van der Waals surface area contributed by atoms with Gasteiger partial charge >= 0.3 is 0 Å². The average molecular weight is 791 g/mol. The van der Waals surface area contributed by atoms with Gasteiger partial charge < -0.3 is 24.8 Å². The number of fused-ring (bicyclic) bond motifs is 5. The largest absolute Gasteiger partial charge is 0.472 e. The van der Waals surface area contributed by atoms with Gasteiger partial charge in [0.15, 0.2) is 5.69 Å². The summed E-state index contributed by atoms with van der Waals surface area (Å²) < 4.78 is 68.2. The molecular weight excluding hydrogens is 751 g/mol. The van der Waals surface area contributed by atoms with E-state index >= 15 is 0 Å². The minimum Gasteiger partial charge on any atom is -0.472 e. The Kier molecular flexibility index (Phi) is 9.75. The Balaban J connectivity index is 1.14. The fraction of sp³-hybridized carbons (Fsp3) is 0.436. The van der Waals surface area contributed by atoms with Crippen molar-refractivity contribution in [3.05, 3.63) is 77.7 Å². The first-order chi connectivity index (χ1) is 26.8. The molecule has 4 heterocycles. The second-order valence-corrected chi connectivity index (χ2v) is 17.1. The van der Waals surface area contributed by atoms with Crippen molar-refractivity contribution in [1.29, 1.82) is 0 Å². The van der Waals surface area contributed by atoms with Crippen molar-refractivity contribution in [3.8, 4) is 5.88 Å². The summed E-state index contributed by atoms with van der Waals surface area (Å²) in [5.41, 5.74) is -1.40. The topological polar surface area (TPSA) is 190 Å². The number of ether oxygens (including phenoxy) is 1. The molecule has 4 amide bonds. The van der Waals surface area contributed by atoms with E-state index in [1.807, 2.05) is 12.2 Å². The van der Waals surface area contributed by atoms with Crippen LogP contribution in [0, 0.1) is 24.5 Å². The molecule has 2 saturated carbocycles. The van der Waals surface area contributed by atoms with Crippen molar-refractivity contribution in [2.75, 3.05) is 6.54 Å². The number of amides is 4. The lowest BCUT2D eigenvalue weighted by molar-refractivity contribution is -0.141. The molecule has 2 aromatic carbocycles. The number of allylic oxidation sites excluding steroid dienone is 1. The van der Waals surface area contributed by atoms with Crippen LogP contribution in [-0.4, -0.2) is 82.6 Å². The van der Waals surface area contributed by atoms with E-state index in [4.69, 9.17) is 9.26 Å². The number of carbonyl (C=O) groups is 4. The number of benzene rings is 2. The molecular formula is C39H40F2N6O8S. The Hall–Kier alpha value is -5.45. The Labute approximate surface area is 320 Å². The molecule has 0 unspecified atom stereocenters. The number of halogens is 2. The third kappa shape index (κ3) is 7.43. The van der Waals surface area contributed by atoms with Crippen molar-refractivity contribution in [2.24, 2.45) is 5.92 Å². The molecule has 2 aliphatic carbocycles. The summed E-state index contributed by atoms with van der Waals surface area (Å²) in [6.45, 7) is 1.47. The number of pyridine rings is 1. The van der Waals surface area contributed by atoms with Gasteiger partial charge in [-0.25, -0.2) is 22.2 Å². The van der Waals surface area contributed by atoms with Crippen LogP contribution in [0.4, 0.5) is 8.78 Å². The summed E-state index contributed by atoms with van der Waals surface area (Å²) >= 11 is 0. The standard InChI is InChI=1S/C39H40F2N6O8S/c1-21-15-32(45-55-21)34(48)42-30-8-6-4-2-3-5-7-22-19-39(22,38(51)46-56(52,53)26-11-12-26)44-35(49)33-18-25(20-47(33)37(30)50)54-36-28-14-10-23(40)16-29(28)27-13-9-24(41)17-31(27)43-36/h5,7,9-10,13-17,22,25-26,30,33H,2-4,6,8,11-12,18-20H2,1H3,(H,42,48)(H,44,49)(H,46,51)/b7-5-/t22-,25-,30+,33+,39-/m1/s1. The zero-order valence-electron chi connectivity index (χ0n) is 30.4. The van der Waals surface area contributed by atoms with Crippen molar-refractivity contribution in [2.45, 2.75) is 93.7 Å². The lowest BCUT2D eigenvalue weighted by Crippen LogP contribution is -2.58. The van der Waals surface area contributed by atoms with Crippen LogP contribution in [-0.2, 0) is 24.4 Å². The van der Waals surface area contributed by atoms with E-state index < -0.39 is 80.2 Å². The first-order valence-electron chi connectivity index (χ1n) is 18.8. The minimum absolute atomic E-state index is 0.0238. The maximum Gasteiger partial charge on any atom is 0.274 e. The molecule has 17 heteroatoms. The normalized spacial score (nSPS) is 26.4. The van der Waals surface area contributed by atoms with Crippen LogP contribution in [0.2, 0.25) is 0 Å². The molecule has 8 rings (SSSR count).